The van der Waals surface area contributed by atoms with Crippen LogP contribution in [0.2, 0.25) is 0 Å². The van der Waals surface area contributed by atoms with Crippen LogP contribution in [-0.4, -0.2) is 81.1 Å². The van der Waals surface area contributed by atoms with Crippen LogP contribution in [0.3, 0.4) is 0 Å². The molecule has 37 heavy (non-hydrogen) atoms. The number of anilines is 1. The van der Waals surface area contributed by atoms with Crippen molar-refractivity contribution in [1.82, 2.24) is 14.8 Å². The molecule has 5 N–H and O–H groups in total. The van der Waals surface area contributed by atoms with Crippen LogP contribution < -0.4 is 11.1 Å². The average Bonchev–Trinajstić information content (AvgIpc) is 3.32. The Labute approximate surface area is 212 Å². The molecular weight excluding hydrogens is 478 g/mol. The zero-order valence-electron chi connectivity index (χ0n) is 20.1. The number of ketones is 1. The van der Waals surface area contributed by atoms with Crippen molar-refractivity contribution in [3.8, 4) is 0 Å². The van der Waals surface area contributed by atoms with Gasteiger partial charge in [0.1, 0.15) is 0 Å². The van der Waals surface area contributed by atoms with Gasteiger partial charge in [0.15, 0.2) is 0 Å². The molecule has 1 aromatic heterocycles. The highest BCUT2D eigenvalue weighted by atomic mass is 16.4. The number of nitrogens with zero attached hydrogens (tertiary/aromatic N) is 2. The standard InChI is InChI=1S/C26H27N5O6/c1-15-14-30(25(36)16-6-3-2-4-7-16)10-11-31(15)26(37)23(34)18-13-28-22-17(18)8-5-9-20(22)29-24(35)19(27)12-21(32)33/h2-9,13,15,19,28H,10-12,14,27H2,1H3,(H,29,35)(H,32,33)/t15-,19?/m1/s1. The molecule has 1 fully saturated rings. The van der Waals surface area contributed by atoms with Gasteiger partial charge in [0.05, 0.1) is 29.2 Å². The number of rotatable bonds is 7. The Kier molecular flexibility index (Phi) is 7.35. The quantitative estimate of drug-likeness (QED) is 0.279. The van der Waals surface area contributed by atoms with E-state index in [1.165, 1.54) is 11.1 Å². The lowest BCUT2D eigenvalue weighted by Gasteiger charge is -2.39. The van der Waals surface area contributed by atoms with Gasteiger partial charge in [0.25, 0.3) is 17.6 Å². The minimum absolute atomic E-state index is 0.125. The molecule has 1 aliphatic rings. The molecular formula is C26H27N5O6. The molecule has 2 aromatic carbocycles. The number of H-pyrrole nitrogens is 1. The van der Waals surface area contributed by atoms with Crippen LogP contribution in [0.25, 0.3) is 10.9 Å². The van der Waals surface area contributed by atoms with Crippen molar-refractivity contribution in [2.24, 2.45) is 5.73 Å². The van der Waals surface area contributed by atoms with E-state index in [0.717, 1.165) is 0 Å². The van der Waals surface area contributed by atoms with E-state index in [2.05, 4.69) is 10.3 Å². The molecule has 1 saturated heterocycles. The Bertz CT molecular complexity index is 1370. The Balaban J connectivity index is 1.47. The highest BCUT2D eigenvalue weighted by molar-refractivity contribution is 6.45. The van der Waals surface area contributed by atoms with Crippen LogP contribution >= 0.6 is 0 Å². The molecule has 2 atom stereocenters. The lowest BCUT2D eigenvalue weighted by atomic mass is 10.1. The molecule has 3 amide bonds. The van der Waals surface area contributed by atoms with E-state index < -0.39 is 36.0 Å². The van der Waals surface area contributed by atoms with E-state index in [-0.39, 0.29) is 24.1 Å². The van der Waals surface area contributed by atoms with Crippen molar-refractivity contribution in [3.05, 3.63) is 65.9 Å². The second-order valence-electron chi connectivity index (χ2n) is 8.92. The molecule has 0 radical (unpaired) electrons. The van der Waals surface area contributed by atoms with Crippen molar-refractivity contribution in [2.75, 3.05) is 25.0 Å². The fraction of sp³-hybridized carbons (Fsp3) is 0.269. The lowest BCUT2D eigenvalue weighted by Crippen LogP contribution is -2.56. The number of carboxylic acid groups (broad SMARTS) is 1. The number of nitrogens with one attached hydrogen (secondary N) is 2. The van der Waals surface area contributed by atoms with E-state index in [9.17, 15) is 24.0 Å². The van der Waals surface area contributed by atoms with Gasteiger partial charge in [-0.05, 0) is 25.1 Å². The number of Topliss-reactive ketones (excluding diaryl/α,β-unsaturated/α-hetero) is 1. The van der Waals surface area contributed by atoms with Crippen LogP contribution in [0.4, 0.5) is 5.69 Å². The maximum atomic E-state index is 13.2. The monoisotopic (exact) mass is 505 g/mol. The highest BCUT2D eigenvalue weighted by Crippen LogP contribution is 2.27. The third kappa shape index (κ3) is 5.36. The Hall–Kier alpha value is -4.51. The molecule has 0 spiro atoms. The number of carbonyl (C=O) groups is 5. The minimum atomic E-state index is -1.25. The summed E-state index contributed by atoms with van der Waals surface area (Å²) in [4.78, 5) is 68.3. The van der Waals surface area contributed by atoms with Crippen LogP contribution in [0.5, 0.6) is 0 Å². The minimum Gasteiger partial charge on any atom is -0.481 e. The van der Waals surface area contributed by atoms with Gasteiger partial charge < -0.3 is 30.9 Å². The van der Waals surface area contributed by atoms with Crippen LogP contribution in [-0.2, 0) is 14.4 Å². The highest BCUT2D eigenvalue weighted by Gasteiger charge is 2.34. The molecule has 11 heteroatoms. The summed E-state index contributed by atoms with van der Waals surface area (Å²) in [6, 6.07) is 12.1. The predicted molar refractivity (Wildman–Crippen MR) is 135 cm³/mol. The topological polar surface area (TPSA) is 166 Å². The van der Waals surface area contributed by atoms with Gasteiger partial charge >= 0.3 is 5.97 Å². The molecule has 4 rings (SSSR count). The Morgan fingerprint density at radius 3 is 2.49 bits per heavy atom. The number of hydrogen-bond acceptors (Lipinski definition) is 6. The van der Waals surface area contributed by atoms with Gasteiger partial charge in [-0.15, -0.1) is 0 Å². The lowest BCUT2D eigenvalue weighted by molar-refractivity contribution is -0.138. The van der Waals surface area contributed by atoms with Crippen molar-refractivity contribution >= 4 is 46.1 Å². The van der Waals surface area contributed by atoms with Gasteiger partial charge in [0.2, 0.25) is 5.91 Å². The van der Waals surface area contributed by atoms with Crippen molar-refractivity contribution in [3.63, 3.8) is 0 Å². The number of fused-ring (bicyclic) bond motifs is 1. The molecule has 3 aromatic rings. The average molecular weight is 506 g/mol. The van der Waals surface area contributed by atoms with Gasteiger partial charge in [-0.1, -0.05) is 30.3 Å². The normalized spacial score (nSPS) is 16.3. The van der Waals surface area contributed by atoms with Crippen molar-refractivity contribution in [1.29, 1.82) is 0 Å². The number of carboxylic acids is 1. The van der Waals surface area contributed by atoms with Gasteiger partial charge in [-0.2, -0.15) is 0 Å². The third-order valence-electron chi connectivity index (χ3n) is 6.34. The smallest absolute Gasteiger partial charge is 0.305 e. The van der Waals surface area contributed by atoms with Crippen LogP contribution in [0.1, 0.15) is 34.1 Å². The van der Waals surface area contributed by atoms with Gasteiger partial charge in [0, 0.05) is 42.8 Å². The second kappa shape index (κ2) is 10.6. The number of benzene rings is 2. The SMILES string of the molecule is C[C@@H]1CN(C(=O)c2ccccc2)CCN1C(=O)C(=O)c1c[nH]c2c(NC(=O)C(N)CC(=O)O)cccc12. The largest absolute Gasteiger partial charge is 0.481 e. The number of amides is 3. The fourth-order valence-corrected chi connectivity index (χ4v) is 4.41. The fourth-order valence-electron chi connectivity index (χ4n) is 4.41. The first-order chi connectivity index (χ1) is 17.7. The van der Waals surface area contributed by atoms with Gasteiger partial charge in [-0.3, -0.25) is 24.0 Å². The summed E-state index contributed by atoms with van der Waals surface area (Å²) < 4.78 is 0. The number of hydrogen-bond donors (Lipinski definition) is 4. The Morgan fingerprint density at radius 2 is 1.81 bits per heavy atom. The van der Waals surface area contributed by atoms with Crippen LogP contribution in [0, 0.1) is 0 Å². The first-order valence-electron chi connectivity index (χ1n) is 11.7. The summed E-state index contributed by atoms with van der Waals surface area (Å²) in [5.41, 5.74) is 7.04. The maximum Gasteiger partial charge on any atom is 0.305 e. The number of carbonyl (C=O) groups excluding carboxylic acids is 4. The van der Waals surface area contributed by atoms with E-state index in [1.807, 2.05) is 6.07 Å². The first kappa shape index (κ1) is 25.6. The number of aromatic amines is 1. The second-order valence-corrected chi connectivity index (χ2v) is 8.92. The number of piperazine rings is 1. The van der Waals surface area contributed by atoms with E-state index in [0.29, 0.717) is 35.2 Å². The summed E-state index contributed by atoms with van der Waals surface area (Å²) in [5.74, 6) is -3.41. The number of aliphatic carboxylic acids is 1. The van der Waals surface area contributed by atoms with E-state index in [1.54, 1.807) is 54.3 Å². The molecule has 0 bridgehead atoms. The van der Waals surface area contributed by atoms with Crippen molar-refractivity contribution < 1.29 is 29.1 Å². The molecule has 0 aliphatic carbocycles. The first-order valence-corrected chi connectivity index (χ1v) is 11.7. The van der Waals surface area contributed by atoms with Gasteiger partial charge in [-0.25, -0.2) is 0 Å². The summed E-state index contributed by atoms with van der Waals surface area (Å²) in [5, 5.41) is 11.8. The number of para-hydroxylation sites is 1. The molecule has 2 heterocycles. The van der Waals surface area contributed by atoms with Crippen LogP contribution in [0.15, 0.2) is 54.7 Å². The predicted octanol–water partition coefficient (Wildman–Crippen LogP) is 1.46. The van der Waals surface area contributed by atoms with E-state index >= 15 is 0 Å². The summed E-state index contributed by atoms with van der Waals surface area (Å²) in [6.45, 7) is 2.61. The van der Waals surface area contributed by atoms with Crippen molar-refractivity contribution in [2.45, 2.75) is 25.4 Å². The maximum absolute atomic E-state index is 13.2. The molecule has 11 nitrogen and oxygen atoms in total. The zero-order valence-corrected chi connectivity index (χ0v) is 20.1. The number of nitrogens with two attached hydrogens (primary N) is 1. The third-order valence-corrected chi connectivity index (χ3v) is 6.34. The molecule has 1 unspecified atom stereocenters. The van der Waals surface area contributed by atoms with E-state index in [4.69, 9.17) is 10.8 Å². The summed E-state index contributed by atoms with van der Waals surface area (Å²) in [7, 11) is 0. The number of aromatic nitrogens is 1. The zero-order chi connectivity index (χ0) is 26.7. The summed E-state index contributed by atoms with van der Waals surface area (Å²) in [6.07, 6.45) is 0.866. The Morgan fingerprint density at radius 1 is 1.08 bits per heavy atom. The molecule has 1 aliphatic heterocycles. The summed E-state index contributed by atoms with van der Waals surface area (Å²) >= 11 is 0. The molecule has 192 valence electrons. The molecule has 0 saturated carbocycles.